The summed E-state index contributed by atoms with van der Waals surface area (Å²) in [4.78, 5) is 26.6. The highest BCUT2D eigenvalue weighted by Gasteiger charge is 2.40. The Morgan fingerprint density at radius 1 is 1.05 bits per heavy atom. The minimum Gasteiger partial charge on any atom is -0.356 e. The molecule has 3 fully saturated rings. The first kappa shape index (κ1) is 15.8. The Balaban J connectivity index is 1.40. The zero-order valence-electron chi connectivity index (χ0n) is 13.9. The summed E-state index contributed by atoms with van der Waals surface area (Å²) in [6.07, 6.45) is 9.93. The molecule has 1 aliphatic heterocycles. The summed E-state index contributed by atoms with van der Waals surface area (Å²) < 4.78 is 0. The van der Waals surface area contributed by atoms with E-state index in [0.717, 1.165) is 58.2 Å². The quantitative estimate of drug-likeness (QED) is 0.868. The first-order valence-corrected chi connectivity index (χ1v) is 9.15. The summed E-state index contributed by atoms with van der Waals surface area (Å²) in [5.74, 6) is 1.46. The van der Waals surface area contributed by atoms with E-state index < -0.39 is 0 Å². The SMILES string of the molecule is CC1(C(=O)N2CCC(CNC(=O)C3CCC3)CC2)CCCC1. The number of likely N-dealkylation sites (tertiary alicyclic amines) is 1. The fourth-order valence-electron chi connectivity index (χ4n) is 4.15. The van der Waals surface area contributed by atoms with E-state index in [9.17, 15) is 9.59 Å². The Kier molecular flexibility index (Phi) is 4.74. The van der Waals surface area contributed by atoms with Crippen molar-refractivity contribution in [2.24, 2.45) is 17.3 Å². The minimum atomic E-state index is -0.0920. The van der Waals surface area contributed by atoms with Gasteiger partial charge in [-0.3, -0.25) is 9.59 Å². The molecule has 124 valence electrons. The van der Waals surface area contributed by atoms with Gasteiger partial charge in [-0.15, -0.1) is 0 Å². The fraction of sp³-hybridized carbons (Fsp3) is 0.889. The van der Waals surface area contributed by atoms with Crippen molar-refractivity contribution in [3.8, 4) is 0 Å². The fourth-order valence-corrected chi connectivity index (χ4v) is 4.15. The third kappa shape index (κ3) is 3.31. The van der Waals surface area contributed by atoms with Crippen molar-refractivity contribution >= 4 is 11.8 Å². The molecule has 2 saturated carbocycles. The lowest BCUT2D eigenvalue weighted by atomic mass is 9.84. The zero-order valence-corrected chi connectivity index (χ0v) is 13.9. The van der Waals surface area contributed by atoms with Crippen molar-refractivity contribution in [3.63, 3.8) is 0 Å². The number of amides is 2. The highest BCUT2D eigenvalue weighted by atomic mass is 16.2. The maximum atomic E-state index is 12.7. The van der Waals surface area contributed by atoms with Gasteiger partial charge in [0.15, 0.2) is 0 Å². The highest BCUT2D eigenvalue weighted by molar-refractivity contribution is 5.82. The second-order valence-corrected chi connectivity index (χ2v) is 7.88. The van der Waals surface area contributed by atoms with E-state index in [1.54, 1.807) is 0 Å². The first-order chi connectivity index (χ1) is 10.6. The van der Waals surface area contributed by atoms with Gasteiger partial charge in [-0.25, -0.2) is 0 Å². The van der Waals surface area contributed by atoms with Gasteiger partial charge < -0.3 is 10.2 Å². The van der Waals surface area contributed by atoms with E-state index in [4.69, 9.17) is 0 Å². The zero-order chi connectivity index (χ0) is 15.6. The van der Waals surface area contributed by atoms with Crippen LogP contribution in [0.3, 0.4) is 0 Å². The molecular formula is C18H30N2O2. The summed E-state index contributed by atoms with van der Waals surface area (Å²) in [5.41, 5.74) is -0.0920. The van der Waals surface area contributed by atoms with Gasteiger partial charge in [-0.05, 0) is 44.4 Å². The van der Waals surface area contributed by atoms with Crippen LogP contribution < -0.4 is 5.32 Å². The van der Waals surface area contributed by atoms with Crippen LogP contribution in [0.2, 0.25) is 0 Å². The molecule has 1 heterocycles. The third-order valence-electron chi connectivity index (χ3n) is 6.17. The molecule has 22 heavy (non-hydrogen) atoms. The average Bonchev–Trinajstić information content (AvgIpc) is 2.91. The van der Waals surface area contributed by atoms with Gasteiger partial charge in [0.2, 0.25) is 11.8 Å². The van der Waals surface area contributed by atoms with Crippen LogP contribution in [-0.2, 0) is 9.59 Å². The van der Waals surface area contributed by atoms with Crippen molar-refractivity contribution < 1.29 is 9.59 Å². The smallest absolute Gasteiger partial charge is 0.228 e. The summed E-state index contributed by atoms with van der Waals surface area (Å²) in [5, 5.41) is 3.12. The van der Waals surface area contributed by atoms with Crippen molar-refractivity contribution in [1.82, 2.24) is 10.2 Å². The second kappa shape index (κ2) is 6.59. The minimum absolute atomic E-state index is 0.0920. The number of carbonyl (C=O) groups is 2. The molecule has 2 aliphatic carbocycles. The van der Waals surface area contributed by atoms with Gasteiger partial charge in [-0.2, -0.15) is 0 Å². The predicted molar refractivity (Wildman–Crippen MR) is 86.2 cm³/mol. The van der Waals surface area contributed by atoms with Gasteiger partial charge in [0, 0.05) is 31.0 Å². The molecule has 3 aliphatic rings. The van der Waals surface area contributed by atoms with Gasteiger partial charge in [-0.1, -0.05) is 26.2 Å². The Morgan fingerprint density at radius 2 is 1.68 bits per heavy atom. The number of nitrogens with zero attached hydrogens (tertiary/aromatic N) is 1. The van der Waals surface area contributed by atoms with Crippen molar-refractivity contribution in [3.05, 3.63) is 0 Å². The summed E-state index contributed by atoms with van der Waals surface area (Å²) in [6, 6.07) is 0. The van der Waals surface area contributed by atoms with Crippen LogP contribution in [0.4, 0.5) is 0 Å². The number of piperidine rings is 1. The van der Waals surface area contributed by atoms with Crippen LogP contribution in [0.5, 0.6) is 0 Å². The van der Waals surface area contributed by atoms with Crippen LogP contribution in [0.15, 0.2) is 0 Å². The molecule has 0 bridgehead atoms. The van der Waals surface area contributed by atoms with E-state index >= 15 is 0 Å². The topological polar surface area (TPSA) is 49.4 Å². The van der Waals surface area contributed by atoms with Crippen LogP contribution in [0, 0.1) is 17.3 Å². The largest absolute Gasteiger partial charge is 0.356 e. The lowest BCUT2D eigenvalue weighted by molar-refractivity contribution is -0.142. The standard InChI is InChI=1S/C18H30N2O2/c1-18(9-2-3-10-18)17(22)20-11-7-14(8-12-20)13-19-16(21)15-5-4-6-15/h14-15H,2-13H2,1H3,(H,19,21). The molecule has 3 rings (SSSR count). The molecule has 0 radical (unpaired) electrons. The molecule has 0 aromatic heterocycles. The van der Waals surface area contributed by atoms with Gasteiger partial charge >= 0.3 is 0 Å². The number of carbonyl (C=O) groups excluding carboxylic acids is 2. The average molecular weight is 306 g/mol. The van der Waals surface area contributed by atoms with E-state index in [2.05, 4.69) is 17.1 Å². The van der Waals surface area contributed by atoms with Gasteiger partial charge in [0.05, 0.1) is 0 Å². The Morgan fingerprint density at radius 3 is 2.23 bits per heavy atom. The Bertz CT molecular complexity index is 417. The Hall–Kier alpha value is -1.06. The lowest BCUT2D eigenvalue weighted by Crippen LogP contribution is -2.47. The second-order valence-electron chi connectivity index (χ2n) is 7.88. The summed E-state index contributed by atoms with van der Waals surface area (Å²) in [7, 11) is 0. The number of rotatable bonds is 4. The van der Waals surface area contributed by atoms with Crippen LogP contribution >= 0.6 is 0 Å². The normalized spacial score (nSPS) is 25.8. The molecular weight excluding hydrogens is 276 g/mol. The molecule has 1 saturated heterocycles. The molecule has 1 N–H and O–H groups in total. The number of nitrogens with one attached hydrogen (secondary N) is 1. The predicted octanol–water partition coefficient (Wildman–Crippen LogP) is 2.72. The van der Waals surface area contributed by atoms with Crippen LogP contribution in [0.25, 0.3) is 0 Å². The Labute approximate surface area is 134 Å². The molecule has 4 nitrogen and oxygen atoms in total. The van der Waals surface area contributed by atoms with Gasteiger partial charge in [0.25, 0.3) is 0 Å². The molecule has 4 heteroatoms. The van der Waals surface area contributed by atoms with Crippen molar-refractivity contribution in [1.29, 1.82) is 0 Å². The van der Waals surface area contributed by atoms with Crippen LogP contribution in [0.1, 0.15) is 64.7 Å². The molecule has 2 amide bonds. The summed E-state index contributed by atoms with van der Waals surface area (Å²) in [6.45, 7) is 4.69. The lowest BCUT2D eigenvalue weighted by Gasteiger charge is -2.37. The molecule has 0 aromatic rings. The number of hydrogen-bond donors (Lipinski definition) is 1. The molecule has 0 atom stereocenters. The third-order valence-corrected chi connectivity index (χ3v) is 6.17. The highest BCUT2D eigenvalue weighted by Crippen LogP contribution is 2.39. The number of hydrogen-bond acceptors (Lipinski definition) is 2. The maximum Gasteiger partial charge on any atom is 0.228 e. The van der Waals surface area contributed by atoms with Crippen molar-refractivity contribution in [2.75, 3.05) is 19.6 Å². The van der Waals surface area contributed by atoms with E-state index in [1.807, 2.05) is 0 Å². The summed E-state index contributed by atoms with van der Waals surface area (Å²) >= 11 is 0. The van der Waals surface area contributed by atoms with Crippen molar-refractivity contribution in [2.45, 2.75) is 64.7 Å². The molecule has 0 unspecified atom stereocenters. The van der Waals surface area contributed by atoms with E-state index in [1.165, 1.54) is 19.3 Å². The first-order valence-electron chi connectivity index (χ1n) is 9.15. The maximum absolute atomic E-state index is 12.7. The van der Waals surface area contributed by atoms with E-state index in [-0.39, 0.29) is 17.2 Å². The van der Waals surface area contributed by atoms with E-state index in [0.29, 0.717) is 11.8 Å². The molecule has 0 spiro atoms. The monoisotopic (exact) mass is 306 g/mol. The molecule has 0 aromatic carbocycles. The van der Waals surface area contributed by atoms with Crippen LogP contribution in [-0.4, -0.2) is 36.3 Å². The van der Waals surface area contributed by atoms with Gasteiger partial charge in [0.1, 0.15) is 0 Å².